The molecule has 0 aromatic rings. The second-order valence-electron chi connectivity index (χ2n) is 8.14. The molecule has 0 aromatic heterocycles. The van der Waals surface area contributed by atoms with Gasteiger partial charge in [-0.15, -0.1) is 0 Å². The van der Waals surface area contributed by atoms with Crippen molar-refractivity contribution in [3.63, 3.8) is 0 Å². The average Bonchev–Trinajstić information content (AvgIpc) is 3.07. The largest absolute Gasteiger partial charge is 0.462 e. The number of rotatable bonds is 4. The molecule has 3 aliphatic rings. The third-order valence-corrected chi connectivity index (χ3v) is 4.81. The molecule has 3 rings (SSSR count). The van der Waals surface area contributed by atoms with Gasteiger partial charge in [-0.3, -0.25) is 19.2 Å². The lowest BCUT2D eigenvalue weighted by Gasteiger charge is -2.38. The minimum absolute atomic E-state index is 0.196. The van der Waals surface area contributed by atoms with E-state index >= 15 is 0 Å². The van der Waals surface area contributed by atoms with Crippen LogP contribution >= 0.6 is 0 Å². The second kappa shape index (κ2) is 7.37. The van der Waals surface area contributed by atoms with Crippen molar-refractivity contribution in [3.8, 4) is 0 Å². The van der Waals surface area contributed by atoms with Gasteiger partial charge in [0.05, 0.1) is 17.7 Å². The zero-order valence-corrected chi connectivity index (χ0v) is 16.3. The van der Waals surface area contributed by atoms with Crippen LogP contribution in [0.2, 0.25) is 0 Å². The molecule has 0 saturated carbocycles. The molecule has 9 nitrogen and oxygen atoms in total. The normalized spacial score (nSPS) is 36.0. The topological polar surface area (TPSA) is 101 Å². The van der Waals surface area contributed by atoms with E-state index in [2.05, 4.69) is 0 Å². The van der Waals surface area contributed by atoms with Gasteiger partial charge < -0.3 is 18.9 Å². The first-order chi connectivity index (χ1) is 12.6. The van der Waals surface area contributed by atoms with Crippen LogP contribution in [0.1, 0.15) is 41.0 Å². The molecule has 3 heterocycles. The van der Waals surface area contributed by atoms with Crippen LogP contribution in [0.3, 0.4) is 0 Å². The number of fused-ring (bicyclic) bond motifs is 3. The third-order valence-electron chi connectivity index (χ3n) is 4.81. The maximum absolute atomic E-state index is 12.8. The molecule has 0 aliphatic carbocycles. The molecule has 0 spiro atoms. The van der Waals surface area contributed by atoms with Gasteiger partial charge in [0.1, 0.15) is 18.6 Å². The zero-order valence-electron chi connectivity index (χ0n) is 16.3. The van der Waals surface area contributed by atoms with Gasteiger partial charge in [-0.05, 0) is 27.2 Å². The molecule has 3 fully saturated rings. The van der Waals surface area contributed by atoms with Gasteiger partial charge in [-0.2, -0.15) is 5.06 Å². The number of cyclic esters (lactones) is 1. The Bertz CT molecular complexity index is 615. The minimum Gasteiger partial charge on any atom is -0.462 e. The van der Waals surface area contributed by atoms with Crippen molar-refractivity contribution in [3.05, 3.63) is 0 Å². The Morgan fingerprint density at radius 3 is 2.52 bits per heavy atom. The fraction of sp³-hybridized carbons (Fsp3) is 0.833. The van der Waals surface area contributed by atoms with E-state index in [1.165, 1.54) is 13.8 Å². The molecule has 0 amide bonds. The molecular formula is C18H27NO8. The van der Waals surface area contributed by atoms with Gasteiger partial charge in [0.15, 0.2) is 12.2 Å². The van der Waals surface area contributed by atoms with Crippen LogP contribution < -0.4 is 0 Å². The standard InChI is InChI=1S/C18H27NO8/c1-9(20)23-8-12-15(24-10(2)21)16-13(17(22)25-12)14-11(26-18(3,4)5)6-7-19(14)27-16/h11-16H,6-8H2,1-5H3/t11-,12+,13-,14-,15-,16+/m0/s1. The lowest BCUT2D eigenvalue weighted by Crippen LogP contribution is -2.57. The lowest BCUT2D eigenvalue weighted by molar-refractivity contribution is -0.228. The van der Waals surface area contributed by atoms with Gasteiger partial charge in [0.25, 0.3) is 0 Å². The van der Waals surface area contributed by atoms with E-state index in [1.807, 2.05) is 20.8 Å². The Labute approximate surface area is 158 Å². The van der Waals surface area contributed by atoms with Gasteiger partial charge >= 0.3 is 17.9 Å². The van der Waals surface area contributed by atoms with E-state index in [1.54, 1.807) is 5.06 Å². The molecule has 0 N–H and O–H groups in total. The zero-order chi connectivity index (χ0) is 19.9. The van der Waals surface area contributed by atoms with Gasteiger partial charge in [0.2, 0.25) is 0 Å². The van der Waals surface area contributed by atoms with Gasteiger partial charge in [0, 0.05) is 20.4 Å². The third kappa shape index (κ3) is 4.25. The molecule has 0 radical (unpaired) electrons. The van der Waals surface area contributed by atoms with Crippen molar-refractivity contribution in [1.82, 2.24) is 5.06 Å². The molecule has 152 valence electrons. The molecule has 0 aromatic carbocycles. The number of hydroxylamine groups is 2. The summed E-state index contributed by atoms with van der Waals surface area (Å²) < 4.78 is 22.0. The van der Waals surface area contributed by atoms with Crippen molar-refractivity contribution in [2.24, 2.45) is 5.92 Å². The SMILES string of the molecule is CC(=O)OC[C@H]1OC(=O)[C@@H]2[C@@H](ON3CC[C@H](OC(C)(C)C)[C@@H]23)[C@H]1OC(C)=O. The molecule has 6 atom stereocenters. The van der Waals surface area contributed by atoms with Gasteiger partial charge in [-0.1, -0.05) is 0 Å². The smallest absolute Gasteiger partial charge is 0.314 e. The second-order valence-corrected chi connectivity index (χ2v) is 8.14. The number of esters is 3. The number of carbonyl (C=O) groups is 3. The highest BCUT2D eigenvalue weighted by Crippen LogP contribution is 2.43. The lowest BCUT2D eigenvalue weighted by atomic mass is 9.85. The summed E-state index contributed by atoms with van der Waals surface area (Å²) in [5, 5.41) is 1.73. The van der Waals surface area contributed by atoms with Crippen LogP contribution in [0.5, 0.6) is 0 Å². The summed E-state index contributed by atoms with van der Waals surface area (Å²) in [5.41, 5.74) is -0.371. The van der Waals surface area contributed by atoms with E-state index in [4.69, 9.17) is 23.8 Å². The van der Waals surface area contributed by atoms with Crippen LogP contribution in [-0.2, 0) is 38.2 Å². The van der Waals surface area contributed by atoms with Crippen LogP contribution in [0, 0.1) is 5.92 Å². The van der Waals surface area contributed by atoms with E-state index in [-0.39, 0.29) is 24.4 Å². The first kappa shape index (κ1) is 20.0. The molecule has 0 bridgehead atoms. The van der Waals surface area contributed by atoms with Crippen LogP contribution in [0.25, 0.3) is 0 Å². The fourth-order valence-electron chi connectivity index (χ4n) is 4.00. The summed E-state index contributed by atoms with van der Waals surface area (Å²) in [7, 11) is 0. The summed E-state index contributed by atoms with van der Waals surface area (Å²) in [5.74, 6) is -2.14. The van der Waals surface area contributed by atoms with Crippen molar-refractivity contribution < 1.29 is 38.2 Å². The quantitative estimate of drug-likeness (QED) is 0.508. The summed E-state index contributed by atoms with van der Waals surface area (Å²) in [4.78, 5) is 41.5. The molecule has 3 saturated heterocycles. The van der Waals surface area contributed by atoms with E-state index < -0.39 is 42.1 Å². The predicted octanol–water partition coefficient (Wildman–Crippen LogP) is 0.595. The van der Waals surface area contributed by atoms with Crippen molar-refractivity contribution in [2.45, 2.75) is 77.1 Å². The first-order valence-electron chi connectivity index (χ1n) is 9.19. The van der Waals surface area contributed by atoms with Crippen molar-refractivity contribution >= 4 is 17.9 Å². The number of hydrogen-bond donors (Lipinski definition) is 0. The number of carbonyl (C=O) groups excluding carboxylic acids is 3. The van der Waals surface area contributed by atoms with Crippen LogP contribution in [0.4, 0.5) is 0 Å². The maximum Gasteiger partial charge on any atom is 0.314 e. The van der Waals surface area contributed by atoms with Gasteiger partial charge in [-0.25, -0.2) is 0 Å². The highest BCUT2D eigenvalue weighted by molar-refractivity contribution is 5.76. The molecule has 27 heavy (non-hydrogen) atoms. The predicted molar refractivity (Wildman–Crippen MR) is 90.2 cm³/mol. The first-order valence-corrected chi connectivity index (χ1v) is 9.19. The summed E-state index contributed by atoms with van der Waals surface area (Å²) in [6, 6.07) is -0.311. The van der Waals surface area contributed by atoms with Crippen LogP contribution in [-0.4, -0.2) is 72.2 Å². The maximum atomic E-state index is 12.8. The Balaban J connectivity index is 1.82. The Hall–Kier alpha value is -1.71. The van der Waals surface area contributed by atoms with E-state index in [0.29, 0.717) is 6.54 Å². The Morgan fingerprint density at radius 1 is 1.22 bits per heavy atom. The summed E-state index contributed by atoms with van der Waals surface area (Å²) in [6.45, 7) is 8.81. The highest BCUT2D eigenvalue weighted by Gasteiger charge is 2.62. The monoisotopic (exact) mass is 385 g/mol. The Kier molecular flexibility index (Phi) is 5.47. The molecule has 3 aliphatic heterocycles. The van der Waals surface area contributed by atoms with Crippen molar-refractivity contribution in [1.29, 1.82) is 0 Å². The Morgan fingerprint density at radius 2 is 1.93 bits per heavy atom. The number of ether oxygens (including phenoxy) is 4. The average molecular weight is 385 g/mol. The highest BCUT2D eigenvalue weighted by atomic mass is 16.7. The summed E-state index contributed by atoms with van der Waals surface area (Å²) >= 11 is 0. The molecule has 0 unspecified atom stereocenters. The molecule has 9 heteroatoms. The van der Waals surface area contributed by atoms with E-state index in [9.17, 15) is 14.4 Å². The van der Waals surface area contributed by atoms with Crippen molar-refractivity contribution in [2.75, 3.05) is 13.2 Å². The van der Waals surface area contributed by atoms with E-state index in [0.717, 1.165) is 6.42 Å². The molecular weight excluding hydrogens is 358 g/mol. The fourth-order valence-corrected chi connectivity index (χ4v) is 4.00. The van der Waals surface area contributed by atoms with Crippen LogP contribution in [0.15, 0.2) is 0 Å². The number of nitrogens with zero attached hydrogens (tertiary/aromatic N) is 1. The summed E-state index contributed by atoms with van der Waals surface area (Å²) in [6.07, 6.45) is -1.94. The number of hydrogen-bond acceptors (Lipinski definition) is 9. The minimum atomic E-state index is -0.909.